The van der Waals surface area contributed by atoms with Crippen molar-refractivity contribution in [3.8, 4) is 0 Å². The summed E-state index contributed by atoms with van der Waals surface area (Å²) in [4.78, 5) is 2.89. The highest BCUT2D eigenvalue weighted by atomic mass is 32.1. The highest BCUT2D eigenvalue weighted by Gasteiger charge is 2.19. The molecule has 1 aromatic rings. The lowest BCUT2D eigenvalue weighted by atomic mass is 9.87. The Morgan fingerprint density at radius 2 is 1.89 bits per heavy atom. The van der Waals surface area contributed by atoms with E-state index in [4.69, 9.17) is 0 Å². The van der Waals surface area contributed by atoms with Gasteiger partial charge >= 0.3 is 0 Å². The van der Waals surface area contributed by atoms with E-state index in [1.807, 2.05) is 11.3 Å². The number of hydrogen-bond acceptors (Lipinski definition) is 3. The van der Waals surface area contributed by atoms with Gasteiger partial charge in [0.25, 0.3) is 0 Å². The van der Waals surface area contributed by atoms with Crippen molar-refractivity contribution in [2.45, 2.75) is 64.5 Å². The Bertz CT molecular complexity index is 386. The standard InChI is InChI=1S/C16H27NOS/c1-16(2,3)15-9-8-14(19-15)11-17-10-12-4-6-13(18)7-5-12/h8-9,12-13,17-18H,4-7,10-11H2,1-3H3. The molecule has 19 heavy (non-hydrogen) atoms. The molecule has 108 valence electrons. The average molecular weight is 281 g/mol. The number of hydrogen-bond donors (Lipinski definition) is 2. The van der Waals surface area contributed by atoms with Crippen molar-refractivity contribution in [2.24, 2.45) is 5.92 Å². The number of rotatable bonds is 4. The van der Waals surface area contributed by atoms with Crippen molar-refractivity contribution in [3.63, 3.8) is 0 Å². The largest absolute Gasteiger partial charge is 0.393 e. The van der Waals surface area contributed by atoms with E-state index in [2.05, 4.69) is 38.2 Å². The van der Waals surface area contributed by atoms with Gasteiger partial charge in [0.15, 0.2) is 0 Å². The van der Waals surface area contributed by atoms with Gasteiger partial charge < -0.3 is 10.4 Å². The van der Waals surface area contributed by atoms with Gasteiger partial charge in [0.1, 0.15) is 0 Å². The zero-order valence-corrected chi connectivity index (χ0v) is 13.2. The normalized spacial score (nSPS) is 24.6. The van der Waals surface area contributed by atoms with Crippen LogP contribution in [0, 0.1) is 5.92 Å². The summed E-state index contributed by atoms with van der Waals surface area (Å²) in [6, 6.07) is 4.52. The molecule has 1 saturated carbocycles. The minimum absolute atomic E-state index is 0.0390. The molecule has 1 fully saturated rings. The molecule has 0 aromatic carbocycles. The summed E-state index contributed by atoms with van der Waals surface area (Å²) < 4.78 is 0. The van der Waals surface area contributed by atoms with E-state index in [1.165, 1.54) is 22.6 Å². The first-order valence-electron chi connectivity index (χ1n) is 7.43. The van der Waals surface area contributed by atoms with E-state index >= 15 is 0 Å². The maximum atomic E-state index is 9.49. The minimum atomic E-state index is -0.0390. The predicted octanol–water partition coefficient (Wildman–Crippen LogP) is 3.69. The van der Waals surface area contributed by atoms with Gasteiger partial charge in [0.05, 0.1) is 6.10 Å². The van der Waals surface area contributed by atoms with Crippen LogP contribution in [-0.2, 0) is 12.0 Å². The third kappa shape index (κ3) is 4.59. The summed E-state index contributed by atoms with van der Waals surface area (Å²) in [5, 5.41) is 13.1. The van der Waals surface area contributed by atoms with Gasteiger partial charge in [0, 0.05) is 16.3 Å². The maximum Gasteiger partial charge on any atom is 0.0540 e. The second kappa shape index (κ2) is 6.38. The van der Waals surface area contributed by atoms with Crippen molar-refractivity contribution in [1.82, 2.24) is 5.32 Å². The molecular formula is C16H27NOS. The molecule has 0 unspecified atom stereocenters. The summed E-state index contributed by atoms with van der Waals surface area (Å²) in [5.41, 5.74) is 0.266. The highest BCUT2D eigenvalue weighted by Crippen LogP contribution is 2.29. The van der Waals surface area contributed by atoms with Crippen molar-refractivity contribution < 1.29 is 5.11 Å². The van der Waals surface area contributed by atoms with Crippen molar-refractivity contribution in [2.75, 3.05) is 6.54 Å². The van der Waals surface area contributed by atoms with Gasteiger partial charge in [-0.25, -0.2) is 0 Å². The van der Waals surface area contributed by atoms with E-state index in [9.17, 15) is 5.11 Å². The van der Waals surface area contributed by atoms with Crippen LogP contribution in [0.15, 0.2) is 12.1 Å². The lowest BCUT2D eigenvalue weighted by molar-refractivity contribution is 0.108. The Balaban J connectivity index is 1.72. The molecule has 0 spiro atoms. The minimum Gasteiger partial charge on any atom is -0.393 e. The second-order valence-electron chi connectivity index (χ2n) is 6.82. The van der Waals surface area contributed by atoms with Gasteiger partial charge in [0.2, 0.25) is 0 Å². The van der Waals surface area contributed by atoms with Crippen LogP contribution in [0.4, 0.5) is 0 Å². The molecule has 1 heterocycles. The first kappa shape index (κ1) is 15.0. The Morgan fingerprint density at radius 3 is 2.47 bits per heavy atom. The molecule has 2 rings (SSSR count). The zero-order valence-electron chi connectivity index (χ0n) is 12.4. The van der Waals surface area contributed by atoms with Crippen LogP contribution in [0.1, 0.15) is 56.2 Å². The summed E-state index contributed by atoms with van der Waals surface area (Å²) >= 11 is 1.92. The Hall–Kier alpha value is -0.380. The fourth-order valence-corrected chi connectivity index (χ4v) is 3.66. The lowest BCUT2D eigenvalue weighted by Gasteiger charge is -2.25. The van der Waals surface area contributed by atoms with E-state index < -0.39 is 0 Å². The monoisotopic (exact) mass is 281 g/mol. The highest BCUT2D eigenvalue weighted by molar-refractivity contribution is 7.12. The molecule has 1 aromatic heterocycles. The molecule has 1 aliphatic carbocycles. The van der Waals surface area contributed by atoms with Gasteiger partial charge in [-0.3, -0.25) is 0 Å². The second-order valence-corrected chi connectivity index (χ2v) is 7.99. The van der Waals surface area contributed by atoms with Gasteiger partial charge in [-0.2, -0.15) is 0 Å². The summed E-state index contributed by atoms with van der Waals surface area (Å²) in [5.74, 6) is 0.755. The van der Waals surface area contributed by atoms with E-state index in [-0.39, 0.29) is 11.5 Å². The van der Waals surface area contributed by atoms with Gasteiger partial charge in [-0.05, 0) is 55.7 Å². The average Bonchev–Trinajstić information content (AvgIpc) is 2.80. The molecule has 0 bridgehead atoms. The van der Waals surface area contributed by atoms with Gasteiger partial charge in [-0.1, -0.05) is 20.8 Å². The van der Waals surface area contributed by atoms with Crippen LogP contribution >= 0.6 is 11.3 Å². The van der Waals surface area contributed by atoms with Crippen LogP contribution in [-0.4, -0.2) is 17.8 Å². The Kier molecular flexibility index (Phi) is 5.04. The molecule has 0 atom stereocenters. The topological polar surface area (TPSA) is 32.3 Å². The quantitative estimate of drug-likeness (QED) is 0.882. The van der Waals surface area contributed by atoms with E-state index in [0.717, 1.165) is 31.8 Å². The van der Waals surface area contributed by atoms with Crippen molar-refractivity contribution >= 4 is 11.3 Å². The fourth-order valence-electron chi connectivity index (χ4n) is 2.62. The Morgan fingerprint density at radius 1 is 1.21 bits per heavy atom. The summed E-state index contributed by atoms with van der Waals surface area (Å²) in [6.07, 6.45) is 4.28. The third-order valence-corrected chi connectivity index (χ3v) is 5.46. The molecule has 2 nitrogen and oxygen atoms in total. The molecule has 0 amide bonds. The third-order valence-electron chi connectivity index (χ3n) is 3.95. The van der Waals surface area contributed by atoms with Crippen LogP contribution in [0.2, 0.25) is 0 Å². The molecule has 0 aliphatic heterocycles. The van der Waals surface area contributed by atoms with Crippen LogP contribution in [0.5, 0.6) is 0 Å². The SMILES string of the molecule is CC(C)(C)c1ccc(CNCC2CCC(O)CC2)s1. The van der Waals surface area contributed by atoms with Crippen LogP contribution < -0.4 is 5.32 Å². The summed E-state index contributed by atoms with van der Waals surface area (Å²) in [6.45, 7) is 8.88. The van der Waals surface area contributed by atoms with Crippen molar-refractivity contribution in [3.05, 3.63) is 21.9 Å². The molecule has 3 heteroatoms. The molecule has 1 aliphatic rings. The molecular weight excluding hydrogens is 254 g/mol. The number of aliphatic hydroxyl groups excluding tert-OH is 1. The van der Waals surface area contributed by atoms with Crippen LogP contribution in [0.3, 0.4) is 0 Å². The smallest absolute Gasteiger partial charge is 0.0540 e. The number of aliphatic hydroxyl groups is 1. The first-order valence-corrected chi connectivity index (χ1v) is 8.25. The van der Waals surface area contributed by atoms with E-state index in [1.54, 1.807) is 0 Å². The lowest BCUT2D eigenvalue weighted by Crippen LogP contribution is -2.27. The number of thiophene rings is 1. The molecule has 2 N–H and O–H groups in total. The Labute approximate surface area is 121 Å². The molecule has 0 saturated heterocycles. The van der Waals surface area contributed by atoms with Crippen molar-refractivity contribution in [1.29, 1.82) is 0 Å². The summed E-state index contributed by atoms with van der Waals surface area (Å²) in [7, 11) is 0. The zero-order chi connectivity index (χ0) is 13.9. The first-order chi connectivity index (χ1) is 8.95. The maximum absolute atomic E-state index is 9.49. The number of nitrogens with one attached hydrogen (secondary N) is 1. The molecule has 0 radical (unpaired) electrons. The van der Waals surface area contributed by atoms with E-state index in [0.29, 0.717) is 0 Å². The fraction of sp³-hybridized carbons (Fsp3) is 0.750. The van der Waals surface area contributed by atoms with Gasteiger partial charge in [-0.15, -0.1) is 11.3 Å². The predicted molar refractivity (Wildman–Crippen MR) is 82.7 cm³/mol. The van der Waals surface area contributed by atoms with Crippen LogP contribution in [0.25, 0.3) is 0 Å².